The first-order chi connectivity index (χ1) is 25.2. The van der Waals surface area contributed by atoms with Gasteiger partial charge in [0.1, 0.15) is 7.05 Å². The Morgan fingerprint density at radius 1 is 0.750 bits per heavy atom. The number of carboxylic acid groups (broad SMARTS) is 2. The number of hydrogen-bond acceptors (Lipinski definition) is 4. The zero-order valence-electron chi connectivity index (χ0n) is 30.3. The molecule has 3 aromatic rings. The fraction of sp³-hybridized carbons (Fsp3) is 0.356. The molecule has 7 heteroatoms. The minimum atomic E-state index is -0.880. The highest BCUT2D eigenvalue weighted by molar-refractivity contribution is 6.04. The molecule has 0 atom stereocenters. The molecule has 3 aliphatic carbocycles. The number of rotatable bonds is 7. The molecule has 0 aromatic heterocycles. The summed E-state index contributed by atoms with van der Waals surface area (Å²) in [6.45, 7) is 0. The van der Waals surface area contributed by atoms with Crippen molar-refractivity contribution in [3.8, 4) is 0 Å². The third-order valence-electron chi connectivity index (χ3n) is 12.6. The average Bonchev–Trinajstić information content (AvgIpc) is 3.72. The summed E-state index contributed by atoms with van der Waals surface area (Å²) in [5.41, 5.74) is 12.0. The standard InChI is InChI=1S/C45H47N3O4/c1-47-37-20-16-32(42(49)50)28-35(37)44(24-8-4-9-25-44)39(47)22-18-30-14-15-31(41(30)46-34-12-6-3-7-13-34)19-23-40-45(26-10-5-11-27-45)36-29-33(43(51)52)17-21-38(36)48(40)2/h3,6-7,12-13,16-23,28-29H,4-5,8-11,14-15,24-27H2,1-2H3,(H2,49,50,51,52)/p+1. The predicted octanol–water partition coefficient (Wildman–Crippen LogP) is 9.89. The van der Waals surface area contributed by atoms with Crippen molar-refractivity contribution < 1.29 is 24.4 Å². The van der Waals surface area contributed by atoms with Gasteiger partial charge in [-0.2, -0.15) is 4.58 Å². The van der Waals surface area contributed by atoms with E-state index in [2.05, 4.69) is 77.5 Å². The lowest BCUT2D eigenvalue weighted by atomic mass is 9.67. The van der Waals surface area contributed by atoms with Crippen LogP contribution in [0.5, 0.6) is 0 Å². The number of nitrogens with one attached hydrogen (secondary N) is 1. The van der Waals surface area contributed by atoms with E-state index >= 15 is 0 Å². The lowest BCUT2D eigenvalue weighted by Crippen LogP contribution is -2.36. The normalized spacial score (nSPS) is 21.9. The van der Waals surface area contributed by atoms with E-state index in [1.165, 1.54) is 35.4 Å². The first kappa shape index (κ1) is 33.9. The number of likely N-dealkylation sites (N-methyl/N-ethyl adjacent to an activating group) is 1. The molecule has 3 aromatic carbocycles. The van der Waals surface area contributed by atoms with Crippen LogP contribution in [0.4, 0.5) is 17.1 Å². The maximum Gasteiger partial charge on any atom is 0.335 e. The topological polar surface area (TPSA) is 92.9 Å². The van der Waals surface area contributed by atoms with Gasteiger partial charge in [0.2, 0.25) is 5.69 Å². The van der Waals surface area contributed by atoms with Gasteiger partial charge in [-0.05, 0) is 104 Å². The van der Waals surface area contributed by atoms with Crippen LogP contribution in [-0.4, -0.2) is 46.5 Å². The zero-order valence-corrected chi connectivity index (χ0v) is 30.3. The van der Waals surface area contributed by atoms with E-state index < -0.39 is 11.9 Å². The Kier molecular flexibility index (Phi) is 8.76. The summed E-state index contributed by atoms with van der Waals surface area (Å²) in [4.78, 5) is 26.3. The van der Waals surface area contributed by atoms with Gasteiger partial charge >= 0.3 is 11.9 Å². The summed E-state index contributed by atoms with van der Waals surface area (Å²) in [5, 5.41) is 23.5. The highest BCUT2D eigenvalue weighted by atomic mass is 16.4. The summed E-state index contributed by atoms with van der Waals surface area (Å²) in [7, 11) is 4.26. The third-order valence-corrected chi connectivity index (χ3v) is 12.6. The first-order valence-electron chi connectivity index (χ1n) is 19.0. The average molecular weight is 695 g/mol. The molecule has 8 rings (SSSR count). The van der Waals surface area contributed by atoms with E-state index in [1.807, 2.05) is 30.3 Å². The molecule has 2 heterocycles. The van der Waals surface area contributed by atoms with Crippen molar-refractivity contribution in [3.05, 3.63) is 136 Å². The summed E-state index contributed by atoms with van der Waals surface area (Å²) in [5.74, 6) is -1.76. The van der Waals surface area contributed by atoms with Crippen molar-refractivity contribution in [1.82, 2.24) is 0 Å². The molecule has 2 saturated carbocycles. The van der Waals surface area contributed by atoms with Crippen LogP contribution < -0.4 is 10.2 Å². The fourth-order valence-electron chi connectivity index (χ4n) is 10.0. The number of fused-ring (bicyclic) bond motifs is 4. The van der Waals surface area contributed by atoms with E-state index in [0.717, 1.165) is 98.1 Å². The molecule has 2 spiro atoms. The molecular weight excluding hydrogens is 647 g/mol. The second-order valence-corrected chi connectivity index (χ2v) is 15.3. The molecule has 2 fully saturated rings. The van der Waals surface area contributed by atoms with Gasteiger partial charge in [0.15, 0.2) is 5.71 Å². The molecule has 52 heavy (non-hydrogen) atoms. The molecule has 7 nitrogen and oxygen atoms in total. The third kappa shape index (κ3) is 5.62. The molecule has 3 N–H and O–H groups in total. The quantitative estimate of drug-likeness (QED) is 0.213. The van der Waals surface area contributed by atoms with Gasteiger partial charge in [-0.15, -0.1) is 0 Å². The summed E-state index contributed by atoms with van der Waals surface area (Å²) >= 11 is 0. The number of para-hydroxylation sites is 1. The molecule has 0 radical (unpaired) electrons. The van der Waals surface area contributed by atoms with E-state index in [1.54, 1.807) is 12.1 Å². The smallest absolute Gasteiger partial charge is 0.335 e. The van der Waals surface area contributed by atoms with Gasteiger partial charge in [-0.3, -0.25) is 0 Å². The van der Waals surface area contributed by atoms with Gasteiger partial charge in [0.05, 0.1) is 16.5 Å². The van der Waals surface area contributed by atoms with Crippen molar-refractivity contribution in [3.63, 3.8) is 0 Å². The molecule has 0 saturated heterocycles. The minimum Gasteiger partial charge on any atom is -0.478 e. The van der Waals surface area contributed by atoms with Crippen LogP contribution in [0.15, 0.2) is 114 Å². The summed E-state index contributed by atoms with van der Waals surface area (Å²) in [6, 6.07) is 21.6. The van der Waals surface area contributed by atoms with Crippen molar-refractivity contribution in [2.75, 3.05) is 24.3 Å². The number of hydrogen-bond donors (Lipinski definition) is 3. The van der Waals surface area contributed by atoms with Crippen LogP contribution in [0.25, 0.3) is 0 Å². The maximum absolute atomic E-state index is 12.0. The van der Waals surface area contributed by atoms with Crippen molar-refractivity contribution in [1.29, 1.82) is 0 Å². The fourth-order valence-corrected chi connectivity index (χ4v) is 10.0. The van der Waals surface area contributed by atoms with E-state index in [0.29, 0.717) is 11.1 Å². The maximum atomic E-state index is 12.0. The molecule has 0 unspecified atom stereocenters. The Balaban J connectivity index is 1.20. The lowest BCUT2D eigenvalue weighted by Gasteiger charge is -2.36. The van der Waals surface area contributed by atoms with E-state index in [9.17, 15) is 19.8 Å². The molecule has 2 aliphatic heterocycles. The van der Waals surface area contributed by atoms with Gasteiger partial charge in [0, 0.05) is 52.9 Å². The zero-order chi connectivity index (χ0) is 36.0. The second kappa shape index (κ2) is 13.4. The van der Waals surface area contributed by atoms with Crippen LogP contribution in [0.1, 0.15) is 109 Å². The predicted molar refractivity (Wildman–Crippen MR) is 207 cm³/mol. The summed E-state index contributed by atoms with van der Waals surface area (Å²) < 4.78 is 2.29. The van der Waals surface area contributed by atoms with Gasteiger partial charge in [-0.25, -0.2) is 9.59 Å². The molecule has 0 bridgehead atoms. The number of allylic oxidation sites excluding steroid dienone is 7. The Hall–Kier alpha value is -5.17. The number of aromatic carboxylic acids is 2. The SMILES string of the molecule is CN1C(=CC=C2CCC(C=CC3=[N+](C)c4ccc(C(=O)O)cc4C34CCCCC4)=C2Nc2ccccc2)C2(CCCCC2)c2cc(C(=O)O)ccc21. The number of carboxylic acids is 2. The second-order valence-electron chi connectivity index (χ2n) is 15.3. The Labute approximate surface area is 306 Å². The van der Waals surface area contributed by atoms with Crippen LogP contribution in [0.2, 0.25) is 0 Å². The molecule has 266 valence electrons. The van der Waals surface area contributed by atoms with Gasteiger partial charge in [-0.1, -0.05) is 68.9 Å². The molecule has 5 aliphatic rings. The Bertz CT molecular complexity index is 2110. The monoisotopic (exact) mass is 694 g/mol. The Morgan fingerprint density at radius 3 is 2.06 bits per heavy atom. The molecule has 0 amide bonds. The first-order valence-corrected chi connectivity index (χ1v) is 19.0. The summed E-state index contributed by atoms with van der Waals surface area (Å²) in [6.07, 6.45) is 22.1. The highest BCUT2D eigenvalue weighted by Gasteiger charge is 2.51. The van der Waals surface area contributed by atoms with E-state index in [-0.39, 0.29) is 10.8 Å². The lowest BCUT2D eigenvalue weighted by molar-refractivity contribution is -0.401. The molecular formula is C45H48N3O4+. The number of benzene rings is 3. The highest BCUT2D eigenvalue weighted by Crippen LogP contribution is 2.55. The van der Waals surface area contributed by atoms with Crippen molar-refractivity contribution in [2.24, 2.45) is 0 Å². The van der Waals surface area contributed by atoms with Crippen molar-refractivity contribution in [2.45, 2.75) is 87.9 Å². The van der Waals surface area contributed by atoms with E-state index in [4.69, 9.17) is 0 Å². The van der Waals surface area contributed by atoms with Crippen LogP contribution in [-0.2, 0) is 10.8 Å². The Morgan fingerprint density at radius 2 is 1.38 bits per heavy atom. The number of nitrogens with zero attached hydrogens (tertiary/aromatic N) is 2. The number of anilines is 2. The van der Waals surface area contributed by atoms with Crippen LogP contribution in [0, 0.1) is 0 Å². The van der Waals surface area contributed by atoms with Gasteiger partial charge < -0.3 is 20.4 Å². The van der Waals surface area contributed by atoms with Gasteiger partial charge in [0.25, 0.3) is 0 Å². The van der Waals surface area contributed by atoms with Crippen LogP contribution in [0.3, 0.4) is 0 Å². The number of carbonyl (C=O) groups is 2. The van der Waals surface area contributed by atoms with Crippen molar-refractivity contribution >= 4 is 34.7 Å². The van der Waals surface area contributed by atoms with Crippen LogP contribution >= 0.6 is 0 Å². The minimum absolute atomic E-state index is 0.184. The largest absolute Gasteiger partial charge is 0.478 e.